The van der Waals surface area contributed by atoms with E-state index in [0.29, 0.717) is 16.0 Å². The zero-order valence-corrected chi connectivity index (χ0v) is 12.0. The Morgan fingerprint density at radius 2 is 2.11 bits per heavy atom. The van der Waals surface area contributed by atoms with Gasteiger partial charge in [0.1, 0.15) is 4.47 Å². The Hall–Kier alpha value is -1.66. The van der Waals surface area contributed by atoms with Crippen LogP contribution in [-0.4, -0.2) is 9.91 Å². The van der Waals surface area contributed by atoms with Gasteiger partial charge in [0.05, 0.1) is 4.92 Å². The van der Waals surface area contributed by atoms with E-state index in [1.54, 1.807) is 6.07 Å². The van der Waals surface area contributed by atoms with Crippen LogP contribution in [0.2, 0.25) is 5.02 Å². The first-order valence-electron chi connectivity index (χ1n) is 5.35. The van der Waals surface area contributed by atoms with Gasteiger partial charge < -0.3 is 5.32 Å². The monoisotopic (exact) mass is 341 g/mol. The Morgan fingerprint density at radius 3 is 2.79 bits per heavy atom. The number of nitrogens with zero attached hydrogens (tertiary/aromatic N) is 2. The maximum atomic E-state index is 11.0. The van der Waals surface area contributed by atoms with Crippen molar-refractivity contribution in [1.82, 2.24) is 4.98 Å². The molecule has 1 aromatic carbocycles. The standard InChI is InChI=1S/C12H9BrClN3O2/c13-9-5-6-15-12(11(9)17(18)19)16-7-8-3-1-2-4-10(8)14/h1-6H,7H2,(H,15,16). The fourth-order valence-corrected chi connectivity index (χ4v) is 2.21. The van der Waals surface area contributed by atoms with E-state index in [4.69, 9.17) is 11.6 Å². The van der Waals surface area contributed by atoms with Crippen LogP contribution >= 0.6 is 27.5 Å². The summed E-state index contributed by atoms with van der Waals surface area (Å²) in [7, 11) is 0. The number of rotatable bonds is 4. The van der Waals surface area contributed by atoms with Crippen LogP contribution in [0.15, 0.2) is 41.0 Å². The molecule has 98 valence electrons. The van der Waals surface area contributed by atoms with Crippen LogP contribution in [0.5, 0.6) is 0 Å². The second-order valence-corrected chi connectivity index (χ2v) is 4.95. The van der Waals surface area contributed by atoms with E-state index >= 15 is 0 Å². The Bertz CT molecular complexity index is 622. The number of benzene rings is 1. The molecule has 0 aliphatic rings. The van der Waals surface area contributed by atoms with Gasteiger partial charge in [-0.2, -0.15) is 0 Å². The molecular weight excluding hydrogens is 334 g/mol. The van der Waals surface area contributed by atoms with Crippen molar-refractivity contribution in [3.8, 4) is 0 Å². The summed E-state index contributed by atoms with van der Waals surface area (Å²) in [5.41, 5.74) is 0.759. The van der Waals surface area contributed by atoms with E-state index in [2.05, 4.69) is 26.2 Å². The quantitative estimate of drug-likeness (QED) is 0.673. The molecule has 1 N–H and O–H groups in total. The van der Waals surface area contributed by atoms with Gasteiger partial charge in [0.15, 0.2) is 0 Å². The lowest BCUT2D eigenvalue weighted by atomic mass is 10.2. The minimum atomic E-state index is -0.480. The van der Waals surface area contributed by atoms with Gasteiger partial charge in [-0.05, 0) is 33.6 Å². The number of anilines is 1. The van der Waals surface area contributed by atoms with E-state index in [0.717, 1.165) is 5.56 Å². The summed E-state index contributed by atoms with van der Waals surface area (Å²) in [5.74, 6) is 0.208. The van der Waals surface area contributed by atoms with Crippen molar-refractivity contribution < 1.29 is 4.92 Å². The SMILES string of the molecule is O=[N+]([O-])c1c(Br)ccnc1NCc1ccccc1Cl. The molecule has 5 nitrogen and oxygen atoms in total. The van der Waals surface area contributed by atoms with E-state index in [1.807, 2.05) is 18.2 Å². The zero-order valence-electron chi connectivity index (χ0n) is 9.64. The lowest BCUT2D eigenvalue weighted by Crippen LogP contribution is -2.05. The van der Waals surface area contributed by atoms with Crippen LogP contribution in [0.3, 0.4) is 0 Å². The molecule has 2 rings (SSSR count). The lowest BCUT2D eigenvalue weighted by molar-refractivity contribution is -0.385. The molecule has 0 bridgehead atoms. The highest BCUT2D eigenvalue weighted by atomic mass is 79.9. The number of halogens is 2. The third kappa shape index (κ3) is 3.21. The van der Waals surface area contributed by atoms with Crippen LogP contribution in [0.25, 0.3) is 0 Å². The summed E-state index contributed by atoms with van der Waals surface area (Å²) < 4.78 is 0.383. The molecule has 2 aromatic rings. The molecule has 0 spiro atoms. The van der Waals surface area contributed by atoms with Crippen molar-refractivity contribution in [1.29, 1.82) is 0 Å². The Balaban J connectivity index is 2.23. The summed E-state index contributed by atoms with van der Waals surface area (Å²) in [6.07, 6.45) is 1.49. The molecule has 19 heavy (non-hydrogen) atoms. The van der Waals surface area contributed by atoms with Gasteiger partial charge in [0.25, 0.3) is 0 Å². The van der Waals surface area contributed by atoms with E-state index in [9.17, 15) is 10.1 Å². The summed E-state index contributed by atoms with van der Waals surface area (Å²) in [4.78, 5) is 14.5. The Morgan fingerprint density at radius 1 is 1.37 bits per heavy atom. The van der Waals surface area contributed by atoms with E-state index in [-0.39, 0.29) is 11.5 Å². The first kappa shape index (κ1) is 13.8. The number of hydrogen-bond acceptors (Lipinski definition) is 4. The predicted octanol–water partition coefficient (Wildman–Crippen LogP) is 4.02. The molecule has 0 fully saturated rings. The predicted molar refractivity (Wildman–Crippen MR) is 77.4 cm³/mol. The van der Waals surface area contributed by atoms with Gasteiger partial charge in [0, 0.05) is 17.8 Å². The normalized spacial score (nSPS) is 10.2. The van der Waals surface area contributed by atoms with Gasteiger partial charge in [-0.1, -0.05) is 29.8 Å². The summed E-state index contributed by atoms with van der Waals surface area (Å²) in [6, 6.07) is 8.82. The van der Waals surface area contributed by atoms with Crippen LogP contribution in [0.1, 0.15) is 5.56 Å². The largest absolute Gasteiger partial charge is 0.360 e. The van der Waals surface area contributed by atoms with Crippen molar-refractivity contribution in [3.05, 3.63) is 61.7 Å². The van der Waals surface area contributed by atoms with Crippen molar-refractivity contribution in [3.63, 3.8) is 0 Å². The highest BCUT2D eigenvalue weighted by molar-refractivity contribution is 9.10. The Labute approximate surface area is 122 Å². The van der Waals surface area contributed by atoms with Crippen LogP contribution < -0.4 is 5.32 Å². The third-order valence-electron chi connectivity index (χ3n) is 2.46. The molecule has 0 unspecified atom stereocenters. The fraction of sp³-hybridized carbons (Fsp3) is 0.0833. The highest BCUT2D eigenvalue weighted by Crippen LogP contribution is 2.31. The Kier molecular flexibility index (Phi) is 4.34. The van der Waals surface area contributed by atoms with Crippen LogP contribution in [0, 0.1) is 10.1 Å². The van der Waals surface area contributed by atoms with Crippen LogP contribution in [-0.2, 0) is 6.54 Å². The van der Waals surface area contributed by atoms with Gasteiger partial charge in [-0.3, -0.25) is 10.1 Å². The number of nitrogens with one attached hydrogen (secondary N) is 1. The summed E-state index contributed by atoms with van der Waals surface area (Å²) in [6.45, 7) is 0.365. The molecule has 0 saturated heterocycles. The topological polar surface area (TPSA) is 68.1 Å². The zero-order chi connectivity index (χ0) is 13.8. The summed E-state index contributed by atoms with van der Waals surface area (Å²) in [5, 5.41) is 14.5. The molecule has 0 radical (unpaired) electrons. The van der Waals surface area contributed by atoms with Gasteiger partial charge >= 0.3 is 5.69 Å². The molecule has 0 saturated carbocycles. The minimum absolute atomic E-state index is 0.0884. The highest BCUT2D eigenvalue weighted by Gasteiger charge is 2.19. The van der Waals surface area contributed by atoms with Crippen LogP contribution in [0.4, 0.5) is 11.5 Å². The van der Waals surface area contributed by atoms with E-state index in [1.165, 1.54) is 12.3 Å². The van der Waals surface area contributed by atoms with Gasteiger partial charge in [-0.15, -0.1) is 0 Å². The van der Waals surface area contributed by atoms with Gasteiger partial charge in [0.2, 0.25) is 5.82 Å². The number of aromatic nitrogens is 1. The molecule has 0 amide bonds. The molecule has 7 heteroatoms. The third-order valence-corrected chi connectivity index (χ3v) is 3.47. The summed E-state index contributed by atoms with van der Waals surface area (Å²) >= 11 is 9.16. The van der Waals surface area contributed by atoms with Gasteiger partial charge in [-0.25, -0.2) is 4.98 Å². The fourth-order valence-electron chi connectivity index (χ4n) is 1.55. The second kappa shape index (κ2) is 5.99. The van der Waals surface area contributed by atoms with Crippen molar-refractivity contribution in [2.45, 2.75) is 6.54 Å². The molecule has 1 aromatic heterocycles. The van der Waals surface area contributed by atoms with Crippen molar-refractivity contribution in [2.75, 3.05) is 5.32 Å². The van der Waals surface area contributed by atoms with Crippen molar-refractivity contribution in [2.24, 2.45) is 0 Å². The smallest absolute Gasteiger partial charge is 0.325 e. The average molecular weight is 343 g/mol. The average Bonchev–Trinajstić information content (AvgIpc) is 2.37. The number of nitro groups is 1. The van der Waals surface area contributed by atoms with E-state index < -0.39 is 4.92 Å². The number of pyridine rings is 1. The molecule has 0 aliphatic carbocycles. The maximum absolute atomic E-state index is 11.0. The molecule has 0 aliphatic heterocycles. The molecule has 1 heterocycles. The maximum Gasteiger partial charge on any atom is 0.325 e. The number of hydrogen-bond donors (Lipinski definition) is 1. The lowest BCUT2D eigenvalue weighted by Gasteiger charge is -2.08. The minimum Gasteiger partial charge on any atom is -0.360 e. The first-order valence-corrected chi connectivity index (χ1v) is 6.53. The van der Waals surface area contributed by atoms with Crippen molar-refractivity contribution >= 4 is 39.0 Å². The molecule has 0 atom stereocenters. The molecular formula is C12H9BrClN3O2. The first-order chi connectivity index (χ1) is 9.09. The second-order valence-electron chi connectivity index (χ2n) is 3.69.